The minimum Gasteiger partial charge on any atom is -0.0776 e. The van der Waals surface area contributed by atoms with Gasteiger partial charge in [-0.2, -0.15) is 0 Å². The van der Waals surface area contributed by atoms with E-state index in [9.17, 15) is 0 Å². The Morgan fingerprint density at radius 1 is 1.67 bits per heavy atom. The maximum Gasteiger partial charge on any atom is -0.0229 e. The Kier molecular flexibility index (Phi) is 5.41. The zero-order valence-electron chi connectivity index (χ0n) is 3.95. The van der Waals surface area contributed by atoms with Crippen LogP contribution in [0.1, 0.15) is 19.8 Å². The van der Waals surface area contributed by atoms with Crippen molar-refractivity contribution in [3.05, 3.63) is 11.1 Å². The number of allylic oxidation sites excluding steroid dienone is 1. The Morgan fingerprint density at radius 2 is 2.33 bits per heavy atom. The minimum absolute atomic E-state index is 1.19. The van der Waals surface area contributed by atoms with Gasteiger partial charge < -0.3 is 0 Å². The first kappa shape index (κ1) is 6.22. The van der Waals surface area contributed by atoms with Gasteiger partial charge in [0.1, 0.15) is 0 Å². The second kappa shape index (κ2) is 5.22. The molecule has 0 unspecified atom stereocenters. The fourth-order valence-electron chi connectivity index (χ4n) is 0.230. The van der Waals surface area contributed by atoms with Gasteiger partial charge >= 0.3 is 0 Å². The van der Waals surface area contributed by atoms with Crippen molar-refractivity contribution in [3.8, 4) is 0 Å². The standard InChI is InChI=1S/C5H9Br/c1-2-3-4-5-6/h4-5H,2-3H2,1H3/b5-4+. The number of rotatable bonds is 2. The van der Waals surface area contributed by atoms with Crippen molar-refractivity contribution in [2.75, 3.05) is 0 Å². The molecule has 0 rings (SSSR count). The third-order valence-electron chi connectivity index (χ3n) is 0.544. The number of hydrogen-bond donors (Lipinski definition) is 0. The third-order valence-corrected chi connectivity index (χ3v) is 0.918. The molecule has 0 aromatic carbocycles. The summed E-state index contributed by atoms with van der Waals surface area (Å²) in [5.74, 6) is 0. The summed E-state index contributed by atoms with van der Waals surface area (Å²) in [4.78, 5) is 1.90. The van der Waals surface area contributed by atoms with Crippen molar-refractivity contribution in [2.24, 2.45) is 0 Å². The quantitative estimate of drug-likeness (QED) is 0.566. The van der Waals surface area contributed by atoms with E-state index in [2.05, 4.69) is 28.9 Å². The molecule has 36 valence electrons. The van der Waals surface area contributed by atoms with Gasteiger partial charge in [-0.05, 0) is 11.4 Å². The highest BCUT2D eigenvalue weighted by Crippen LogP contribution is 1.90. The van der Waals surface area contributed by atoms with Crippen molar-refractivity contribution in [1.29, 1.82) is 0 Å². The second-order valence-electron chi connectivity index (χ2n) is 1.15. The van der Waals surface area contributed by atoms with Gasteiger partial charge in [0.2, 0.25) is 0 Å². The number of hydrogen-bond acceptors (Lipinski definition) is 0. The molecule has 0 heterocycles. The van der Waals surface area contributed by atoms with Gasteiger partial charge in [-0.15, -0.1) is 0 Å². The monoisotopic (exact) mass is 148 g/mol. The summed E-state index contributed by atoms with van der Waals surface area (Å²) in [5.41, 5.74) is 0. The molecule has 0 aliphatic carbocycles. The summed E-state index contributed by atoms with van der Waals surface area (Å²) >= 11 is 3.17. The summed E-state index contributed by atoms with van der Waals surface area (Å²) < 4.78 is 0. The van der Waals surface area contributed by atoms with Gasteiger partial charge in [-0.25, -0.2) is 0 Å². The largest absolute Gasteiger partial charge is 0.0776 e. The van der Waals surface area contributed by atoms with Crippen LogP contribution in [0.2, 0.25) is 0 Å². The van der Waals surface area contributed by atoms with Gasteiger partial charge in [-0.3, -0.25) is 0 Å². The molecular weight excluding hydrogens is 140 g/mol. The topological polar surface area (TPSA) is 0 Å². The Hall–Kier alpha value is 0.220. The van der Waals surface area contributed by atoms with Crippen molar-refractivity contribution in [3.63, 3.8) is 0 Å². The van der Waals surface area contributed by atoms with Crippen molar-refractivity contribution in [1.82, 2.24) is 0 Å². The molecule has 0 fully saturated rings. The predicted molar refractivity (Wildman–Crippen MR) is 33.0 cm³/mol. The lowest BCUT2D eigenvalue weighted by Gasteiger charge is -1.75. The van der Waals surface area contributed by atoms with Crippen LogP contribution in [0.15, 0.2) is 11.1 Å². The van der Waals surface area contributed by atoms with Crippen LogP contribution >= 0.6 is 15.9 Å². The van der Waals surface area contributed by atoms with E-state index in [4.69, 9.17) is 0 Å². The first-order chi connectivity index (χ1) is 2.91. The molecule has 0 saturated heterocycles. The minimum atomic E-state index is 1.19. The number of unbranched alkanes of at least 4 members (excludes halogenated alkanes) is 1. The normalized spacial score (nSPS) is 10.3. The van der Waals surface area contributed by atoms with Crippen molar-refractivity contribution >= 4 is 15.9 Å². The summed E-state index contributed by atoms with van der Waals surface area (Å²) in [7, 11) is 0. The third kappa shape index (κ3) is 4.22. The Morgan fingerprint density at radius 3 is 2.50 bits per heavy atom. The first-order valence-corrected chi connectivity index (χ1v) is 3.08. The van der Waals surface area contributed by atoms with Crippen LogP contribution in [-0.2, 0) is 0 Å². The van der Waals surface area contributed by atoms with E-state index in [0.29, 0.717) is 0 Å². The summed E-state index contributed by atoms with van der Waals surface area (Å²) in [6, 6.07) is 0. The predicted octanol–water partition coefficient (Wildman–Crippen LogP) is 2.70. The van der Waals surface area contributed by atoms with E-state index >= 15 is 0 Å². The fraction of sp³-hybridized carbons (Fsp3) is 0.600. The first-order valence-electron chi connectivity index (χ1n) is 2.17. The molecule has 0 N–H and O–H groups in total. The van der Waals surface area contributed by atoms with E-state index in [1.165, 1.54) is 12.8 Å². The van der Waals surface area contributed by atoms with Crippen LogP contribution in [0.3, 0.4) is 0 Å². The van der Waals surface area contributed by atoms with Gasteiger partial charge in [0.05, 0.1) is 0 Å². The molecule has 0 atom stereocenters. The lowest BCUT2D eigenvalue weighted by molar-refractivity contribution is 0.960. The lowest BCUT2D eigenvalue weighted by atomic mass is 10.3. The SMILES string of the molecule is CCC/C=C/Br. The van der Waals surface area contributed by atoms with E-state index in [0.717, 1.165) is 0 Å². The summed E-state index contributed by atoms with van der Waals surface area (Å²) in [6.45, 7) is 2.16. The van der Waals surface area contributed by atoms with Crippen LogP contribution < -0.4 is 0 Å². The molecule has 0 bridgehead atoms. The molecule has 0 nitrogen and oxygen atoms in total. The zero-order valence-corrected chi connectivity index (χ0v) is 5.53. The van der Waals surface area contributed by atoms with Crippen LogP contribution in [0.5, 0.6) is 0 Å². The highest BCUT2D eigenvalue weighted by molar-refractivity contribution is 9.11. The van der Waals surface area contributed by atoms with E-state index in [-0.39, 0.29) is 0 Å². The van der Waals surface area contributed by atoms with Crippen molar-refractivity contribution in [2.45, 2.75) is 19.8 Å². The Bertz CT molecular complexity index is 39.2. The molecule has 0 radical (unpaired) electrons. The molecule has 6 heavy (non-hydrogen) atoms. The van der Waals surface area contributed by atoms with Crippen molar-refractivity contribution < 1.29 is 0 Å². The summed E-state index contributed by atoms with van der Waals surface area (Å²) in [5, 5.41) is 0. The molecule has 0 aromatic rings. The van der Waals surface area contributed by atoms with E-state index in [1.54, 1.807) is 0 Å². The lowest BCUT2D eigenvalue weighted by Crippen LogP contribution is -1.54. The summed E-state index contributed by atoms with van der Waals surface area (Å²) in [6.07, 6.45) is 4.52. The van der Waals surface area contributed by atoms with Gasteiger partial charge in [0, 0.05) is 0 Å². The fourth-order valence-corrected chi connectivity index (χ4v) is 0.494. The maximum absolute atomic E-state index is 3.17. The van der Waals surface area contributed by atoms with E-state index in [1.807, 2.05) is 4.99 Å². The molecule has 0 aromatic heterocycles. The average molecular weight is 149 g/mol. The van der Waals surface area contributed by atoms with Gasteiger partial charge in [0.25, 0.3) is 0 Å². The molecule has 1 heteroatoms. The van der Waals surface area contributed by atoms with Crippen LogP contribution in [0.4, 0.5) is 0 Å². The highest BCUT2D eigenvalue weighted by atomic mass is 79.9. The molecule has 0 saturated carbocycles. The second-order valence-corrected chi connectivity index (χ2v) is 1.68. The average Bonchev–Trinajstić information content (AvgIpc) is 1.61. The maximum atomic E-state index is 3.17. The smallest absolute Gasteiger partial charge is 0.0229 e. The molecule has 0 aliphatic rings. The molecule has 0 spiro atoms. The molecule has 0 aliphatic heterocycles. The van der Waals surface area contributed by atoms with Gasteiger partial charge in [0.15, 0.2) is 0 Å². The highest BCUT2D eigenvalue weighted by Gasteiger charge is 1.65. The zero-order chi connectivity index (χ0) is 4.83. The van der Waals surface area contributed by atoms with Gasteiger partial charge in [-0.1, -0.05) is 35.4 Å². The van der Waals surface area contributed by atoms with E-state index < -0.39 is 0 Å². The Labute approximate surface area is 47.4 Å². The molecule has 0 amide bonds. The van der Waals surface area contributed by atoms with Crippen LogP contribution in [0.25, 0.3) is 0 Å². The van der Waals surface area contributed by atoms with Crippen LogP contribution in [-0.4, -0.2) is 0 Å². The van der Waals surface area contributed by atoms with Crippen LogP contribution in [0, 0.1) is 0 Å². The molecular formula is C5H9Br. The Balaban J connectivity index is 2.66. The number of halogens is 1.